The first-order chi connectivity index (χ1) is 8.06. The molecule has 0 saturated heterocycles. The molecule has 2 rings (SSSR count). The number of carbonyl (C=O) groups is 1. The molecule has 0 saturated carbocycles. The molecule has 0 aliphatic carbocycles. The van der Waals surface area contributed by atoms with Gasteiger partial charge >= 0.3 is 5.97 Å². The van der Waals surface area contributed by atoms with Crippen molar-refractivity contribution >= 4 is 29.2 Å². The van der Waals surface area contributed by atoms with Gasteiger partial charge in [0.2, 0.25) is 5.89 Å². The van der Waals surface area contributed by atoms with Crippen LogP contribution in [0.1, 0.15) is 22.1 Å². The molecule has 0 radical (unpaired) electrons. The first-order valence-electron chi connectivity index (χ1n) is 4.56. The minimum Gasteiger partial charge on any atom is -0.475 e. The summed E-state index contributed by atoms with van der Waals surface area (Å²) in [5.41, 5.74) is 0.806. The number of carboxylic acid groups (broad SMARTS) is 1. The van der Waals surface area contributed by atoms with Crippen molar-refractivity contribution in [3.63, 3.8) is 0 Å². The fourth-order valence-corrected chi connectivity index (χ4v) is 1.56. The van der Waals surface area contributed by atoms with E-state index in [9.17, 15) is 4.79 Å². The molecule has 17 heavy (non-hydrogen) atoms. The summed E-state index contributed by atoms with van der Waals surface area (Å²) in [4.78, 5) is 14.2. The van der Waals surface area contributed by atoms with E-state index in [4.69, 9.17) is 32.8 Å². The van der Waals surface area contributed by atoms with Gasteiger partial charge in [0.1, 0.15) is 0 Å². The Morgan fingerprint density at radius 3 is 2.71 bits per heavy atom. The van der Waals surface area contributed by atoms with E-state index in [-0.39, 0.29) is 11.7 Å². The van der Waals surface area contributed by atoms with Crippen LogP contribution in [0, 0.1) is 0 Å². The molecule has 1 N–H and O–H groups in total. The standard InChI is InChI=1S/C10H6Cl2N2O3/c11-6-2-1-5(3-7(6)12)4-8-13-9(10(15)16)14-17-8/h1-3H,4H2,(H,15,16). The molecule has 1 aromatic heterocycles. The van der Waals surface area contributed by atoms with Crippen LogP contribution < -0.4 is 0 Å². The Hall–Kier alpha value is -1.59. The van der Waals surface area contributed by atoms with E-state index in [0.717, 1.165) is 5.56 Å². The lowest BCUT2D eigenvalue weighted by atomic mass is 10.1. The number of aromatic carboxylic acids is 1. The van der Waals surface area contributed by atoms with Crippen molar-refractivity contribution in [1.29, 1.82) is 0 Å². The van der Waals surface area contributed by atoms with Crippen LogP contribution in [0.4, 0.5) is 0 Å². The van der Waals surface area contributed by atoms with E-state index >= 15 is 0 Å². The molecule has 1 heterocycles. The Morgan fingerprint density at radius 1 is 1.35 bits per heavy atom. The lowest BCUT2D eigenvalue weighted by molar-refractivity contribution is 0.0680. The Bertz CT molecular complexity index is 568. The van der Waals surface area contributed by atoms with Crippen LogP contribution in [0.25, 0.3) is 0 Å². The number of nitrogens with zero attached hydrogens (tertiary/aromatic N) is 2. The quantitative estimate of drug-likeness (QED) is 0.930. The van der Waals surface area contributed by atoms with E-state index in [1.807, 2.05) is 0 Å². The molecular weight excluding hydrogens is 267 g/mol. The average Bonchev–Trinajstić information content (AvgIpc) is 2.72. The lowest BCUT2D eigenvalue weighted by Gasteiger charge is -1.99. The van der Waals surface area contributed by atoms with Gasteiger partial charge in [0.05, 0.1) is 16.5 Å². The maximum atomic E-state index is 10.5. The van der Waals surface area contributed by atoms with E-state index < -0.39 is 5.97 Å². The van der Waals surface area contributed by atoms with Gasteiger partial charge in [-0.1, -0.05) is 29.3 Å². The third-order valence-electron chi connectivity index (χ3n) is 2.00. The van der Waals surface area contributed by atoms with Crippen LogP contribution in [0.2, 0.25) is 10.0 Å². The Kier molecular flexibility index (Phi) is 3.31. The normalized spacial score (nSPS) is 10.5. The summed E-state index contributed by atoms with van der Waals surface area (Å²) in [7, 11) is 0. The first kappa shape index (κ1) is 11.9. The zero-order valence-corrected chi connectivity index (χ0v) is 9.87. The monoisotopic (exact) mass is 272 g/mol. The molecule has 0 aliphatic heterocycles. The summed E-state index contributed by atoms with van der Waals surface area (Å²) in [5.74, 6) is -1.38. The fourth-order valence-electron chi connectivity index (χ4n) is 1.24. The third-order valence-corrected chi connectivity index (χ3v) is 2.74. The summed E-state index contributed by atoms with van der Waals surface area (Å²) in [6.45, 7) is 0. The largest absolute Gasteiger partial charge is 0.475 e. The molecule has 0 fully saturated rings. The predicted molar refractivity (Wildman–Crippen MR) is 60.5 cm³/mol. The van der Waals surface area contributed by atoms with Gasteiger partial charge in [0.15, 0.2) is 0 Å². The summed E-state index contributed by atoms with van der Waals surface area (Å²) in [5, 5.41) is 12.8. The van der Waals surface area contributed by atoms with Gasteiger partial charge < -0.3 is 9.63 Å². The molecule has 0 bridgehead atoms. The molecule has 0 amide bonds. The van der Waals surface area contributed by atoms with Crippen molar-refractivity contribution in [2.24, 2.45) is 0 Å². The zero-order valence-electron chi connectivity index (χ0n) is 8.35. The molecular formula is C10H6Cl2N2O3. The van der Waals surface area contributed by atoms with Crippen LogP contribution in [0.5, 0.6) is 0 Å². The number of hydrogen-bond donors (Lipinski definition) is 1. The molecule has 0 atom stereocenters. The van der Waals surface area contributed by atoms with Crippen molar-refractivity contribution in [1.82, 2.24) is 10.1 Å². The number of hydrogen-bond acceptors (Lipinski definition) is 4. The van der Waals surface area contributed by atoms with Gasteiger partial charge in [0, 0.05) is 0 Å². The summed E-state index contributed by atoms with van der Waals surface area (Å²) < 4.78 is 4.78. The van der Waals surface area contributed by atoms with Gasteiger partial charge in [-0.3, -0.25) is 0 Å². The van der Waals surface area contributed by atoms with Crippen molar-refractivity contribution in [2.75, 3.05) is 0 Å². The van der Waals surface area contributed by atoms with Gasteiger partial charge in [-0.2, -0.15) is 4.98 Å². The van der Waals surface area contributed by atoms with E-state index in [1.54, 1.807) is 18.2 Å². The van der Waals surface area contributed by atoms with Crippen LogP contribution in [0.3, 0.4) is 0 Å². The predicted octanol–water partition coefficient (Wildman–Crippen LogP) is 2.67. The van der Waals surface area contributed by atoms with E-state index in [1.165, 1.54) is 0 Å². The summed E-state index contributed by atoms with van der Waals surface area (Å²) in [6, 6.07) is 5.06. The van der Waals surface area contributed by atoms with E-state index in [2.05, 4.69) is 10.1 Å². The number of carboxylic acids is 1. The van der Waals surface area contributed by atoms with Crippen LogP contribution in [-0.2, 0) is 6.42 Å². The highest BCUT2D eigenvalue weighted by Gasteiger charge is 2.13. The molecule has 5 nitrogen and oxygen atoms in total. The molecule has 2 aromatic rings. The molecule has 7 heteroatoms. The molecule has 0 spiro atoms. The zero-order chi connectivity index (χ0) is 12.4. The Labute approximate surface area is 106 Å². The third kappa shape index (κ3) is 2.75. The first-order valence-corrected chi connectivity index (χ1v) is 5.31. The fraction of sp³-hybridized carbons (Fsp3) is 0.100. The molecule has 0 aliphatic rings. The maximum absolute atomic E-state index is 10.5. The number of benzene rings is 1. The van der Waals surface area contributed by atoms with Gasteiger partial charge in [-0.15, -0.1) is 0 Å². The van der Waals surface area contributed by atoms with Gasteiger partial charge in [-0.05, 0) is 22.9 Å². The van der Waals surface area contributed by atoms with Gasteiger partial charge in [0.25, 0.3) is 5.82 Å². The highest BCUT2D eigenvalue weighted by molar-refractivity contribution is 6.42. The minimum absolute atomic E-state index is 0.209. The van der Waals surface area contributed by atoms with Gasteiger partial charge in [-0.25, -0.2) is 4.79 Å². The highest BCUT2D eigenvalue weighted by Crippen LogP contribution is 2.23. The van der Waals surface area contributed by atoms with Crippen molar-refractivity contribution in [3.8, 4) is 0 Å². The molecule has 1 aromatic carbocycles. The lowest BCUT2D eigenvalue weighted by Crippen LogP contribution is -1.99. The Morgan fingerprint density at radius 2 is 2.12 bits per heavy atom. The topological polar surface area (TPSA) is 76.2 Å². The van der Waals surface area contributed by atoms with E-state index in [0.29, 0.717) is 16.5 Å². The maximum Gasteiger partial charge on any atom is 0.377 e. The smallest absolute Gasteiger partial charge is 0.377 e. The van der Waals surface area contributed by atoms with Crippen molar-refractivity contribution < 1.29 is 14.4 Å². The molecule has 88 valence electrons. The number of rotatable bonds is 3. The number of aromatic nitrogens is 2. The highest BCUT2D eigenvalue weighted by atomic mass is 35.5. The minimum atomic E-state index is -1.23. The SMILES string of the molecule is O=C(O)c1noc(Cc2ccc(Cl)c(Cl)c2)n1. The second-order valence-corrected chi connectivity index (χ2v) is 4.06. The molecule has 0 unspecified atom stereocenters. The van der Waals surface area contributed by atoms with Crippen LogP contribution in [-0.4, -0.2) is 21.2 Å². The second kappa shape index (κ2) is 4.73. The van der Waals surface area contributed by atoms with Crippen LogP contribution >= 0.6 is 23.2 Å². The second-order valence-electron chi connectivity index (χ2n) is 3.24. The van der Waals surface area contributed by atoms with Crippen molar-refractivity contribution in [3.05, 3.63) is 45.5 Å². The van der Waals surface area contributed by atoms with Crippen molar-refractivity contribution in [2.45, 2.75) is 6.42 Å². The number of halogens is 2. The van der Waals surface area contributed by atoms with Crippen LogP contribution in [0.15, 0.2) is 22.7 Å². The Balaban J connectivity index is 2.19. The summed E-state index contributed by atoms with van der Waals surface area (Å²) in [6.07, 6.45) is 0.303. The average molecular weight is 273 g/mol. The summed E-state index contributed by atoms with van der Waals surface area (Å²) >= 11 is 11.6.